The van der Waals surface area contributed by atoms with E-state index in [1.165, 1.54) is 25.4 Å². The minimum absolute atomic E-state index is 0.0154. The van der Waals surface area contributed by atoms with Crippen molar-refractivity contribution in [1.29, 1.82) is 5.26 Å². The van der Waals surface area contributed by atoms with Crippen LogP contribution in [0.5, 0.6) is 17.4 Å². The number of aromatic amines is 1. The fourth-order valence-corrected chi connectivity index (χ4v) is 4.61. The first-order chi connectivity index (χ1) is 14.4. The largest absolute Gasteiger partial charge is 0.493 e. The number of nitriles is 1. The number of hydrogen-bond acceptors (Lipinski definition) is 8. The smallest absolute Gasteiger partial charge is 0.308 e. The Balaban J connectivity index is 1.94. The van der Waals surface area contributed by atoms with E-state index in [-0.39, 0.29) is 17.2 Å². The van der Waals surface area contributed by atoms with Gasteiger partial charge in [-0.25, -0.2) is 0 Å². The minimum Gasteiger partial charge on any atom is -0.493 e. The van der Waals surface area contributed by atoms with Gasteiger partial charge in [0, 0.05) is 6.92 Å². The highest BCUT2D eigenvalue weighted by Crippen LogP contribution is 2.49. The number of nitrogens with two attached hydrogens (primary N) is 1. The zero-order chi connectivity index (χ0) is 21.4. The molecule has 0 unspecified atom stereocenters. The van der Waals surface area contributed by atoms with Gasteiger partial charge in [0.2, 0.25) is 11.8 Å². The third kappa shape index (κ3) is 3.32. The molecule has 0 fully saturated rings. The molecule has 0 saturated carbocycles. The van der Waals surface area contributed by atoms with Gasteiger partial charge in [0.05, 0.1) is 33.6 Å². The van der Waals surface area contributed by atoms with Gasteiger partial charge in [-0.1, -0.05) is 6.07 Å². The van der Waals surface area contributed by atoms with Crippen LogP contribution in [0.3, 0.4) is 0 Å². The summed E-state index contributed by atoms with van der Waals surface area (Å²) in [4.78, 5) is 12.4. The first-order valence-electron chi connectivity index (χ1n) is 8.70. The van der Waals surface area contributed by atoms with Crippen LogP contribution in [-0.2, 0) is 4.79 Å². The van der Waals surface area contributed by atoms with Gasteiger partial charge >= 0.3 is 5.97 Å². The van der Waals surface area contributed by atoms with Gasteiger partial charge in [-0.2, -0.15) is 5.26 Å². The molecule has 3 aromatic rings. The van der Waals surface area contributed by atoms with Gasteiger partial charge < -0.3 is 19.9 Å². The molecule has 3 N–H and O–H groups in total. The van der Waals surface area contributed by atoms with Crippen LogP contribution in [0.1, 0.15) is 24.0 Å². The topological polar surface area (TPSA) is 123 Å². The standard InChI is InChI=1S/C20H15BrN4O4S/c1-9(26)28-18-12(21)6-10(7-13(18)27-2)15-11(8-22)19(23)29-20-16(15)17(24-25-20)14-4-3-5-30-14/h3-7,15H,23H2,1-2H3,(H,24,25)/t15-/m1/s1. The van der Waals surface area contributed by atoms with Crippen molar-refractivity contribution in [3.05, 3.63) is 56.7 Å². The molecule has 0 amide bonds. The number of esters is 1. The molecule has 1 aromatic carbocycles. The number of rotatable bonds is 4. The summed E-state index contributed by atoms with van der Waals surface area (Å²) in [6.45, 7) is 1.31. The number of carbonyl (C=O) groups is 1. The number of hydrogen-bond donors (Lipinski definition) is 2. The van der Waals surface area contributed by atoms with Crippen LogP contribution in [0.4, 0.5) is 0 Å². The lowest BCUT2D eigenvalue weighted by molar-refractivity contribution is -0.132. The van der Waals surface area contributed by atoms with Crippen LogP contribution < -0.4 is 19.9 Å². The fourth-order valence-electron chi connectivity index (χ4n) is 3.34. The van der Waals surface area contributed by atoms with Gasteiger partial charge in [-0.3, -0.25) is 9.89 Å². The van der Waals surface area contributed by atoms with E-state index in [0.717, 1.165) is 10.6 Å². The van der Waals surface area contributed by atoms with Gasteiger partial charge in [0.25, 0.3) is 0 Å². The number of benzene rings is 1. The normalized spacial score (nSPS) is 15.2. The first-order valence-corrected chi connectivity index (χ1v) is 10.4. The molecule has 0 bridgehead atoms. The number of nitrogens with one attached hydrogen (secondary N) is 1. The molecule has 8 nitrogen and oxygen atoms in total. The van der Waals surface area contributed by atoms with E-state index in [4.69, 9.17) is 19.9 Å². The zero-order valence-electron chi connectivity index (χ0n) is 15.9. The molecule has 1 atom stereocenters. The molecule has 3 heterocycles. The van der Waals surface area contributed by atoms with E-state index >= 15 is 0 Å². The van der Waals surface area contributed by atoms with Crippen molar-refractivity contribution >= 4 is 33.2 Å². The van der Waals surface area contributed by atoms with Crippen molar-refractivity contribution in [2.24, 2.45) is 5.73 Å². The summed E-state index contributed by atoms with van der Waals surface area (Å²) in [6.07, 6.45) is 0. The molecule has 152 valence electrons. The van der Waals surface area contributed by atoms with E-state index in [2.05, 4.69) is 32.2 Å². The van der Waals surface area contributed by atoms with Crippen molar-refractivity contribution in [1.82, 2.24) is 10.2 Å². The average Bonchev–Trinajstić information content (AvgIpc) is 3.37. The maximum absolute atomic E-state index is 11.5. The highest BCUT2D eigenvalue weighted by Gasteiger charge is 2.36. The Bertz CT molecular complexity index is 1210. The van der Waals surface area contributed by atoms with Crippen molar-refractivity contribution in [3.63, 3.8) is 0 Å². The molecule has 10 heteroatoms. The van der Waals surface area contributed by atoms with Crippen LogP contribution in [0.15, 0.2) is 45.6 Å². The first kappa shape index (κ1) is 20.0. The second-order valence-electron chi connectivity index (χ2n) is 6.35. The number of fused-ring (bicyclic) bond motifs is 1. The lowest BCUT2D eigenvalue weighted by Gasteiger charge is -2.25. The third-order valence-electron chi connectivity index (χ3n) is 4.54. The van der Waals surface area contributed by atoms with Crippen LogP contribution in [0.25, 0.3) is 10.6 Å². The van der Waals surface area contributed by atoms with E-state index in [0.29, 0.717) is 27.2 Å². The predicted molar refractivity (Wildman–Crippen MR) is 113 cm³/mol. The van der Waals surface area contributed by atoms with Gasteiger partial charge in [0.1, 0.15) is 11.6 Å². The number of nitrogens with zero attached hydrogens (tertiary/aromatic N) is 2. The third-order valence-corrected chi connectivity index (χ3v) is 6.01. The molecule has 2 aromatic heterocycles. The lowest BCUT2D eigenvalue weighted by Crippen LogP contribution is -2.21. The average molecular weight is 487 g/mol. The Morgan fingerprint density at radius 2 is 2.27 bits per heavy atom. The summed E-state index contributed by atoms with van der Waals surface area (Å²) in [5.74, 6) is -0.169. The molecule has 30 heavy (non-hydrogen) atoms. The summed E-state index contributed by atoms with van der Waals surface area (Å²) in [5.41, 5.74) is 8.41. The summed E-state index contributed by atoms with van der Waals surface area (Å²) in [7, 11) is 1.47. The highest BCUT2D eigenvalue weighted by molar-refractivity contribution is 9.10. The van der Waals surface area contributed by atoms with Crippen molar-refractivity contribution in [2.75, 3.05) is 7.11 Å². The second-order valence-corrected chi connectivity index (χ2v) is 8.15. The molecule has 0 saturated heterocycles. The number of aromatic nitrogens is 2. The molecule has 0 aliphatic carbocycles. The van der Waals surface area contributed by atoms with E-state index in [1.807, 2.05) is 17.5 Å². The monoisotopic (exact) mass is 486 g/mol. The molecule has 1 aliphatic heterocycles. The SMILES string of the molecule is COc1cc([C@@H]2C(C#N)=C(N)Oc3n[nH]c(-c4cccs4)c32)cc(Br)c1OC(C)=O. The van der Waals surface area contributed by atoms with E-state index < -0.39 is 11.9 Å². The minimum atomic E-state index is -0.564. The van der Waals surface area contributed by atoms with Crippen LogP contribution in [0, 0.1) is 11.3 Å². The zero-order valence-corrected chi connectivity index (χ0v) is 18.3. The van der Waals surface area contributed by atoms with Crippen LogP contribution in [0.2, 0.25) is 0 Å². The summed E-state index contributed by atoms with van der Waals surface area (Å²) in [6, 6.07) is 9.50. The van der Waals surface area contributed by atoms with Crippen molar-refractivity contribution < 1.29 is 19.0 Å². The van der Waals surface area contributed by atoms with Gasteiger partial charge in [-0.15, -0.1) is 16.4 Å². The maximum Gasteiger partial charge on any atom is 0.308 e. The van der Waals surface area contributed by atoms with Crippen molar-refractivity contribution in [3.8, 4) is 34.0 Å². The maximum atomic E-state index is 11.5. The molecule has 0 spiro atoms. The Hall–Kier alpha value is -3.29. The van der Waals surface area contributed by atoms with E-state index in [1.54, 1.807) is 12.1 Å². The Morgan fingerprint density at radius 3 is 2.90 bits per heavy atom. The number of carbonyl (C=O) groups excluding carboxylic acids is 1. The van der Waals surface area contributed by atoms with E-state index in [9.17, 15) is 10.1 Å². The number of thiophene rings is 1. The predicted octanol–water partition coefficient (Wildman–Crippen LogP) is 4.05. The van der Waals surface area contributed by atoms with Crippen molar-refractivity contribution in [2.45, 2.75) is 12.8 Å². The highest BCUT2D eigenvalue weighted by atomic mass is 79.9. The Morgan fingerprint density at radius 1 is 1.47 bits per heavy atom. The second kappa shape index (κ2) is 7.85. The molecule has 4 rings (SSSR count). The number of allylic oxidation sites excluding steroid dienone is 1. The quantitative estimate of drug-likeness (QED) is 0.420. The molecular weight excluding hydrogens is 472 g/mol. The summed E-state index contributed by atoms with van der Waals surface area (Å²) >= 11 is 4.97. The summed E-state index contributed by atoms with van der Waals surface area (Å²) in [5, 5.41) is 19.0. The van der Waals surface area contributed by atoms with Gasteiger partial charge in [0.15, 0.2) is 11.5 Å². The summed E-state index contributed by atoms with van der Waals surface area (Å²) < 4.78 is 16.8. The number of ether oxygens (including phenoxy) is 3. The number of halogens is 1. The fraction of sp³-hybridized carbons (Fsp3) is 0.150. The number of H-pyrrole nitrogens is 1. The van der Waals surface area contributed by atoms with Gasteiger partial charge in [-0.05, 0) is 45.1 Å². The Labute approximate surface area is 184 Å². The molecular formula is C20H15BrN4O4S. The lowest BCUT2D eigenvalue weighted by atomic mass is 9.83. The molecule has 0 radical (unpaired) electrons. The Kier molecular flexibility index (Phi) is 5.24. The number of methoxy groups -OCH3 is 1. The molecule has 1 aliphatic rings. The van der Waals surface area contributed by atoms with Crippen LogP contribution in [-0.4, -0.2) is 23.3 Å². The van der Waals surface area contributed by atoms with Crippen LogP contribution >= 0.6 is 27.3 Å².